The van der Waals surface area contributed by atoms with Gasteiger partial charge in [-0.25, -0.2) is 4.79 Å². The van der Waals surface area contributed by atoms with Crippen LogP contribution in [-0.2, 0) is 6.18 Å². The highest BCUT2D eigenvalue weighted by molar-refractivity contribution is 6.04. The van der Waals surface area contributed by atoms with E-state index in [1.165, 1.54) is 12.1 Å². The molecule has 32 heavy (non-hydrogen) atoms. The summed E-state index contributed by atoms with van der Waals surface area (Å²) in [6.45, 7) is 5.51. The first-order chi connectivity index (χ1) is 15.3. The number of nitrogens with zero attached hydrogens (tertiary/aromatic N) is 2. The molecule has 0 aromatic heterocycles. The average Bonchev–Trinajstić information content (AvgIpc) is 3.00. The molecule has 0 unspecified atom stereocenters. The third kappa shape index (κ3) is 6.23. The van der Waals surface area contributed by atoms with E-state index in [4.69, 9.17) is 0 Å². The molecule has 9 heteroatoms. The molecule has 0 aliphatic carbocycles. The number of nitrogens with one attached hydrogen (secondary N) is 2. The number of benzene rings is 2. The van der Waals surface area contributed by atoms with Crippen molar-refractivity contribution < 1.29 is 22.8 Å². The Labute approximate surface area is 185 Å². The topological polar surface area (TPSA) is 64.7 Å². The lowest BCUT2D eigenvalue weighted by atomic mass is 10.1. The molecule has 172 valence electrons. The van der Waals surface area contributed by atoms with E-state index in [0.29, 0.717) is 25.2 Å². The Balaban J connectivity index is 1.73. The lowest BCUT2D eigenvalue weighted by Crippen LogP contribution is -2.38. The Hall–Kier alpha value is -3.07. The first kappa shape index (κ1) is 23.6. The maximum absolute atomic E-state index is 13.7. The van der Waals surface area contributed by atoms with E-state index >= 15 is 0 Å². The zero-order chi connectivity index (χ0) is 23.1. The Kier molecular flexibility index (Phi) is 7.74. The van der Waals surface area contributed by atoms with Crippen molar-refractivity contribution in [3.8, 4) is 0 Å². The van der Waals surface area contributed by atoms with Gasteiger partial charge in [0.2, 0.25) is 0 Å². The van der Waals surface area contributed by atoms with E-state index < -0.39 is 23.7 Å². The van der Waals surface area contributed by atoms with Crippen LogP contribution in [0.25, 0.3) is 0 Å². The monoisotopic (exact) mass is 448 g/mol. The van der Waals surface area contributed by atoms with Gasteiger partial charge in [0.25, 0.3) is 5.91 Å². The van der Waals surface area contributed by atoms with Crippen LogP contribution in [0.2, 0.25) is 0 Å². The van der Waals surface area contributed by atoms with Gasteiger partial charge < -0.3 is 20.4 Å². The smallest absolute Gasteiger partial charge is 0.323 e. The number of amides is 3. The summed E-state index contributed by atoms with van der Waals surface area (Å²) in [6, 6.07) is 11.0. The number of rotatable bonds is 5. The van der Waals surface area contributed by atoms with Gasteiger partial charge in [-0.1, -0.05) is 25.1 Å². The number of hydrogen-bond acceptors (Lipinski definition) is 3. The van der Waals surface area contributed by atoms with E-state index in [0.717, 1.165) is 32.0 Å². The van der Waals surface area contributed by atoms with Gasteiger partial charge in [0.05, 0.1) is 11.3 Å². The summed E-state index contributed by atoms with van der Waals surface area (Å²) in [5.41, 5.74) is -1.03. The van der Waals surface area contributed by atoms with Crippen molar-refractivity contribution in [3.63, 3.8) is 0 Å². The number of carbonyl (C=O) groups excluding carboxylic acids is 2. The average molecular weight is 448 g/mol. The second-order valence-electron chi connectivity index (χ2n) is 7.69. The molecule has 0 bridgehead atoms. The first-order valence-electron chi connectivity index (χ1n) is 10.6. The molecule has 3 amide bonds. The minimum absolute atomic E-state index is 0.00541. The van der Waals surface area contributed by atoms with Crippen molar-refractivity contribution in [1.29, 1.82) is 0 Å². The molecule has 0 atom stereocenters. The number of urea groups is 1. The molecule has 1 aliphatic heterocycles. The van der Waals surface area contributed by atoms with E-state index in [1.54, 1.807) is 35.2 Å². The van der Waals surface area contributed by atoms with Crippen LogP contribution >= 0.6 is 0 Å². The van der Waals surface area contributed by atoms with Gasteiger partial charge in [0.15, 0.2) is 0 Å². The standard InChI is InChI=1S/C23H27F3N4O2/c1-2-11-29-12-6-13-30(15-14-29)22(32)28-20-10-9-18(16-19(20)23(24,25)26)27-21(31)17-7-4-3-5-8-17/h3-5,7-10,16H,2,6,11-15H2,1H3,(H,27,31)(H,28,32). The highest BCUT2D eigenvalue weighted by atomic mass is 19.4. The summed E-state index contributed by atoms with van der Waals surface area (Å²) in [7, 11) is 0. The summed E-state index contributed by atoms with van der Waals surface area (Å²) in [6.07, 6.45) is -2.93. The highest BCUT2D eigenvalue weighted by Gasteiger charge is 2.35. The van der Waals surface area contributed by atoms with Gasteiger partial charge in [0.1, 0.15) is 0 Å². The summed E-state index contributed by atoms with van der Waals surface area (Å²) < 4.78 is 41.1. The quantitative estimate of drug-likeness (QED) is 0.683. The fraction of sp³-hybridized carbons (Fsp3) is 0.391. The number of alkyl halides is 3. The van der Waals surface area contributed by atoms with Crippen molar-refractivity contribution in [3.05, 3.63) is 59.7 Å². The van der Waals surface area contributed by atoms with Gasteiger partial charge in [0, 0.05) is 30.9 Å². The first-order valence-corrected chi connectivity index (χ1v) is 10.6. The molecule has 2 aromatic carbocycles. The minimum atomic E-state index is -4.70. The van der Waals surface area contributed by atoms with Crippen LogP contribution in [-0.4, -0.2) is 54.5 Å². The van der Waals surface area contributed by atoms with Crippen LogP contribution in [0.1, 0.15) is 35.7 Å². The molecule has 0 spiro atoms. The Morgan fingerprint density at radius 2 is 1.72 bits per heavy atom. The van der Waals surface area contributed by atoms with Gasteiger partial charge in [-0.15, -0.1) is 0 Å². The van der Waals surface area contributed by atoms with Crippen LogP contribution < -0.4 is 10.6 Å². The molecule has 3 rings (SSSR count). The summed E-state index contributed by atoms with van der Waals surface area (Å²) >= 11 is 0. The largest absolute Gasteiger partial charge is 0.418 e. The third-order valence-electron chi connectivity index (χ3n) is 5.28. The van der Waals surface area contributed by atoms with Crippen molar-refractivity contribution in [2.75, 3.05) is 43.4 Å². The lowest BCUT2D eigenvalue weighted by molar-refractivity contribution is -0.136. The number of halogens is 3. The normalized spacial score (nSPS) is 15.2. The van der Waals surface area contributed by atoms with Gasteiger partial charge >= 0.3 is 12.2 Å². The number of anilines is 2. The molecule has 0 saturated carbocycles. The van der Waals surface area contributed by atoms with Crippen LogP contribution in [0, 0.1) is 0 Å². The molecular formula is C23H27F3N4O2. The Morgan fingerprint density at radius 1 is 0.969 bits per heavy atom. The van der Waals surface area contributed by atoms with E-state index in [9.17, 15) is 22.8 Å². The van der Waals surface area contributed by atoms with Crippen molar-refractivity contribution >= 4 is 23.3 Å². The third-order valence-corrected chi connectivity index (χ3v) is 5.28. The van der Waals surface area contributed by atoms with E-state index in [-0.39, 0.29) is 11.4 Å². The molecule has 2 N–H and O–H groups in total. The van der Waals surface area contributed by atoms with Gasteiger partial charge in [-0.2, -0.15) is 13.2 Å². The molecule has 1 aliphatic rings. The van der Waals surface area contributed by atoms with Crippen molar-refractivity contribution in [2.45, 2.75) is 25.9 Å². The highest BCUT2D eigenvalue weighted by Crippen LogP contribution is 2.37. The molecular weight excluding hydrogens is 421 g/mol. The van der Waals surface area contributed by atoms with Crippen LogP contribution in [0.4, 0.5) is 29.3 Å². The SMILES string of the molecule is CCCN1CCCN(C(=O)Nc2ccc(NC(=O)c3ccccc3)cc2C(F)(F)F)CC1. The fourth-order valence-electron chi connectivity index (χ4n) is 3.67. The number of carbonyl (C=O) groups is 2. The summed E-state index contributed by atoms with van der Waals surface area (Å²) in [5.74, 6) is -0.517. The summed E-state index contributed by atoms with van der Waals surface area (Å²) in [4.78, 5) is 28.7. The minimum Gasteiger partial charge on any atom is -0.323 e. The zero-order valence-electron chi connectivity index (χ0n) is 17.9. The molecule has 1 heterocycles. The lowest BCUT2D eigenvalue weighted by Gasteiger charge is -2.23. The fourth-order valence-corrected chi connectivity index (χ4v) is 3.67. The van der Waals surface area contributed by atoms with Crippen molar-refractivity contribution in [1.82, 2.24) is 9.80 Å². The molecule has 1 fully saturated rings. The van der Waals surface area contributed by atoms with E-state index in [1.807, 2.05) is 0 Å². The number of hydrogen-bond donors (Lipinski definition) is 2. The Bertz CT molecular complexity index is 935. The van der Waals surface area contributed by atoms with Crippen LogP contribution in [0.3, 0.4) is 0 Å². The Morgan fingerprint density at radius 3 is 2.41 bits per heavy atom. The maximum atomic E-state index is 13.7. The molecule has 1 saturated heterocycles. The van der Waals surface area contributed by atoms with Gasteiger partial charge in [-0.3, -0.25) is 4.79 Å². The van der Waals surface area contributed by atoms with Crippen LogP contribution in [0.15, 0.2) is 48.5 Å². The predicted octanol–water partition coefficient (Wildman–Crippen LogP) is 4.91. The van der Waals surface area contributed by atoms with Gasteiger partial charge in [-0.05, 0) is 56.3 Å². The van der Waals surface area contributed by atoms with Crippen LogP contribution in [0.5, 0.6) is 0 Å². The molecule has 2 aromatic rings. The molecule has 6 nitrogen and oxygen atoms in total. The second-order valence-corrected chi connectivity index (χ2v) is 7.69. The predicted molar refractivity (Wildman–Crippen MR) is 118 cm³/mol. The molecule has 0 radical (unpaired) electrons. The maximum Gasteiger partial charge on any atom is 0.418 e. The van der Waals surface area contributed by atoms with E-state index in [2.05, 4.69) is 22.5 Å². The van der Waals surface area contributed by atoms with Crippen molar-refractivity contribution in [2.24, 2.45) is 0 Å². The zero-order valence-corrected chi connectivity index (χ0v) is 17.9. The summed E-state index contributed by atoms with van der Waals surface area (Å²) in [5, 5.41) is 4.88. The second kappa shape index (κ2) is 10.5.